The van der Waals surface area contributed by atoms with Crippen molar-refractivity contribution in [1.29, 1.82) is 5.26 Å². The molecule has 0 bridgehead atoms. The molecule has 0 aliphatic carbocycles. The van der Waals surface area contributed by atoms with Crippen LogP contribution in [0.4, 0.5) is 0 Å². The second-order valence-corrected chi connectivity index (χ2v) is 3.78. The lowest BCUT2D eigenvalue weighted by atomic mass is 9.90. The van der Waals surface area contributed by atoms with E-state index in [9.17, 15) is 0 Å². The molecule has 0 amide bonds. The van der Waals surface area contributed by atoms with Crippen molar-refractivity contribution >= 4 is 11.8 Å². The van der Waals surface area contributed by atoms with E-state index in [1.54, 1.807) is 0 Å². The second kappa shape index (κ2) is 2.81. The van der Waals surface area contributed by atoms with Gasteiger partial charge in [0.1, 0.15) is 5.54 Å². The number of hydrogen-bond acceptors (Lipinski definition) is 3. The molecule has 1 rings (SSSR count). The normalized spacial score (nSPS) is 39.5. The van der Waals surface area contributed by atoms with E-state index in [4.69, 9.17) is 5.26 Å². The molecule has 1 fully saturated rings. The van der Waals surface area contributed by atoms with Crippen LogP contribution in [0.25, 0.3) is 0 Å². The van der Waals surface area contributed by atoms with Crippen molar-refractivity contribution in [3.63, 3.8) is 0 Å². The molecule has 0 aromatic carbocycles. The fourth-order valence-electron chi connectivity index (χ4n) is 1.20. The Morgan fingerprint density at radius 3 is 2.70 bits per heavy atom. The Balaban J connectivity index is 2.74. The summed E-state index contributed by atoms with van der Waals surface area (Å²) in [4.78, 5) is 0. The Labute approximate surface area is 66.0 Å². The van der Waals surface area contributed by atoms with Crippen LogP contribution in [0.5, 0.6) is 0 Å². The Hall–Kier alpha value is -0.200. The van der Waals surface area contributed by atoms with Gasteiger partial charge in [0.2, 0.25) is 0 Å². The molecule has 0 aromatic heterocycles. The third-order valence-corrected chi connectivity index (χ3v) is 3.58. The molecule has 10 heavy (non-hydrogen) atoms. The van der Waals surface area contributed by atoms with Crippen LogP contribution in [0.3, 0.4) is 0 Å². The first-order valence-corrected chi connectivity index (χ1v) is 4.58. The Morgan fingerprint density at radius 2 is 2.50 bits per heavy atom. The van der Waals surface area contributed by atoms with Gasteiger partial charge in [-0.3, -0.25) is 0 Å². The van der Waals surface area contributed by atoms with E-state index in [1.807, 2.05) is 18.8 Å². The summed E-state index contributed by atoms with van der Waals surface area (Å²) in [5, 5.41) is 12.0. The van der Waals surface area contributed by atoms with Crippen LogP contribution in [0.2, 0.25) is 0 Å². The maximum atomic E-state index is 8.86. The van der Waals surface area contributed by atoms with Crippen molar-refractivity contribution in [3.05, 3.63) is 0 Å². The van der Waals surface area contributed by atoms with Gasteiger partial charge in [0.15, 0.2) is 0 Å². The minimum atomic E-state index is -0.245. The maximum Gasteiger partial charge on any atom is 0.118 e. The fourth-order valence-corrected chi connectivity index (χ4v) is 2.77. The first kappa shape index (κ1) is 7.90. The highest BCUT2D eigenvalue weighted by atomic mass is 32.2. The summed E-state index contributed by atoms with van der Waals surface area (Å²) in [5.41, 5.74) is -0.245. The van der Waals surface area contributed by atoms with Gasteiger partial charge in [-0.1, -0.05) is 6.92 Å². The lowest BCUT2D eigenvalue weighted by Gasteiger charge is -2.23. The molecule has 56 valence electrons. The fraction of sp³-hybridized carbons (Fsp3) is 0.857. The lowest BCUT2D eigenvalue weighted by Crippen LogP contribution is -2.46. The van der Waals surface area contributed by atoms with Crippen molar-refractivity contribution in [2.24, 2.45) is 5.92 Å². The zero-order valence-corrected chi connectivity index (χ0v) is 7.16. The van der Waals surface area contributed by atoms with E-state index in [2.05, 4.69) is 18.3 Å². The maximum absolute atomic E-state index is 8.86. The van der Waals surface area contributed by atoms with Gasteiger partial charge in [-0.05, 0) is 18.7 Å². The number of nitrogens with one attached hydrogen (secondary N) is 1. The largest absolute Gasteiger partial charge is 0.302 e. The number of thioether (sulfide) groups is 1. The molecule has 0 spiro atoms. The topological polar surface area (TPSA) is 35.8 Å². The molecule has 2 nitrogen and oxygen atoms in total. The van der Waals surface area contributed by atoms with E-state index in [0.717, 1.165) is 11.5 Å². The van der Waals surface area contributed by atoms with Crippen LogP contribution in [0.1, 0.15) is 6.92 Å². The minimum Gasteiger partial charge on any atom is -0.302 e. The van der Waals surface area contributed by atoms with E-state index in [0.29, 0.717) is 5.92 Å². The van der Waals surface area contributed by atoms with Crippen molar-refractivity contribution in [2.45, 2.75) is 12.5 Å². The van der Waals surface area contributed by atoms with Crippen LogP contribution < -0.4 is 5.32 Å². The summed E-state index contributed by atoms with van der Waals surface area (Å²) >= 11 is 1.85. The standard InChI is InChI=1S/C7H12N2S/c1-6-3-10-5-7(6,4-8)9-2/h6,9H,3,5H2,1-2H3. The highest BCUT2D eigenvalue weighted by Gasteiger charge is 2.39. The third-order valence-electron chi connectivity index (χ3n) is 2.18. The van der Waals surface area contributed by atoms with E-state index < -0.39 is 0 Å². The van der Waals surface area contributed by atoms with Crippen LogP contribution in [0, 0.1) is 17.2 Å². The molecule has 1 saturated heterocycles. The average molecular weight is 156 g/mol. The highest BCUT2D eigenvalue weighted by Crippen LogP contribution is 2.32. The molecule has 3 heteroatoms. The van der Waals surface area contributed by atoms with Crippen LogP contribution >= 0.6 is 11.8 Å². The van der Waals surface area contributed by atoms with Gasteiger partial charge in [0.05, 0.1) is 6.07 Å². The summed E-state index contributed by atoms with van der Waals surface area (Å²) in [6, 6.07) is 2.34. The Bertz CT molecular complexity index is 163. The average Bonchev–Trinajstić information content (AvgIpc) is 2.32. The number of rotatable bonds is 1. The predicted octanol–water partition coefficient (Wildman–Crippen LogP) is 0.851. The molecule has 0 radical (unpaired) electrons. The van der Waals surface area contributed by atoms with Gasteiger partial charge in [0, 0.05) is 5.75 Å². The van der Waals surface area contributed by atoms with Crippen LogP contribution in [0.15, 0.2) is 0 Å². The molecule has 1 heterocycles. The summed E-state index contributed by atoms with van der Waals surface area (Å²) in [6.07, 6.45) is 0. The summed E-state index contributed by atoms with van der Waals surface area (Å²) in [7, 11) is 1.87. The van der Waals surface area contributed by atoms with Crippen LogP contribution in [-0.2, 0) is 0 Å². The molecule has 0 saturated carbocycles. The first-order valence-electron chi connectivity index (χ1n) is 3.43. The number of nitriles is 1. The lowest BCUT2D eigenvalue weighted by molar-refractivity contribution is 0.392. The van der Waals surface area contributed by atoms with E-state index >= 15 is 0 Å². The van der Waals surface area contributed by atoms with Gasteiger partial charge in [0.25, 0.3) is 0 Å². The molecular formula is C7H12N2S. The van der Waals surface area contributed by atoms with Crippen molar-refractivity contribution in [2.75, 3.05) is 18.6 Å². The van der Waals surface area contributed by atoms with Gasteiger partial charge in [-0.2, -0.15) is 17.0 Å². The molecule has 1 aliphatic heterocycles. The van der Waals surface area contributed by atoms with Gasteiger partial charge >= 0.3 is 0 Å². The van der Waals surface area contributed by atoms with Gasteiger partial charge < -0.3 is 5.32 Å². The van der Waals surface area contributed by atoms with Gasteiger partial charge in [-0.15, -0.1) is 0 Å². The third kappa shape index (κ3) is 1.02. The van der Waals surface area contributed by atoms with Crippen molar-refractivity contribution in [1.82, 2.24) is 5.32 Å². The second-order valence-electron chi connectivity index (χ2n) is 2.75. The molecular weight excluding hydrogens is 144 g/mol. The molecule has 1 aliphatic rings. The van der Waals surface area contributed by atoms with Crippen LogP contribution in [-0.4, -0.2) is 24.1 Å². The van der Waals surface area contributed by atoms with Crippen molar-refractivity contribution in [3.8, 4) is 6.07 Å². The summed E-state index contributed by atoms with van der Waals surface area (Å²) in [5.74, 6) is 2.52. The molecule has 2 unspecified atom stereocenters. The van der Waals surface area contributed by atoms with E-state index in [-0.39, 0.29) is 5.54 Å². The molecule has 0 aromatic rings. The quantitative estimate of drug-likeness (QED) is 0.611. The van der Waals surface area contributed by atoms with E-state index in [1.165, 1.54) is 0 Å². The Kier molecular flexibility index (Phi) is 2.22. The first-order chi connectivity index (χ1) is 4.75. The van der Waals surface area contributed by atoms with Gasteiger partial charge in [-0.25, -0.2) is 0 Å². The molecule has 2 atom stereocenters. The number of nitrogens with zero attached hydrogens (tertiary/aromatic N) is 1. The monoisotopic (exact) mass is 156 g/mol. The highest BCUT2D eigenvalue weighted by molar-refractivity contribution is 7.99. The Morgan fingerprint density at radius 1 is 1.80 bits per heavy atom. The number of hydrogen-bond donors (Lipinski definition) is 1. The summed E-state index contributed by atoms with van der Waals surface area (Å²) in [6.45, 7) is 2.12. The molecule has 1 N–H and O–H groups in total. The minimum absolute atomic E-state index is 0.245. The zero-order chi connectivity index (χ0) is 7.61. The zero-order valence-electron chi connectivity index (χ0n) is 6.35. The predicted molar refractivity (Wildman–Crippen MR) is 43.9 cm³/mol. The summed E-state index contributed by atoms with van der Waals surface area (Å²) < 4.78 is 0. The SMILES string of the molecule is CNC1(C#N)CSCC1C. The smallest absolute Gasteiger partial charge is 0.118 e. The van der Waals surface area contributed by atoms with Crippen molar-refractivity contribution < 1.29 is 0 Å².